The van der Waals surface area contributed by atoms with E-state index in [0.29, 0.717) is 25.3 Å². The molecule has 1 amide bonds. The molecule has 2 N–H and O–H groups in total. The normalized spacial score (nSPS) is 24.8. The molecular formula is C31H34F7NO5S. The molecule has 14 heteroatoms. The molecule has 2 aromatic rings. The molecule has 2 atom stereocenters. The van der Waals surface area contributed by atoms with Crippen molar-refractivity contribution in [1.29, 1.82) is 0 Å². The first kappa shape index (κ1) is 33.6. The Bertz CT molecular complexity index is 1530. The van der Waals surface area contributed by atoms with E-state index < -0.39 is 66.9 Å². The third-order valence-corrected chi connectivity index (χ3v) is 12.5. The van der Waals surface area contributed by atoms with Crippen molar-refractivity contribution in [3.8, 4) is 0 Å². The van der Waals surface area contributed by atoms with Gasteiger partial charge in [-0.15, -0.1) is 0 Å². The van der Waals surface area contributed by atoms with E-state index >= 15 is 0 Å². The van der Waals surface area contributed by atoms with Crippen LogP contribution in [0.15, 0.2) is 47.4 Å². The standard InChI is InChI=1S/C31H34F7NO5S/c1-27(41)13-15-39(16-14-27)26(40)20-11-12-28(18-20,45(43,44)23-8-6-22(32)7-9-23)21-5-10-25(24(17-21)19-3-2-4-19)29(42,30(33,34)35)31(36,37)38/h5-10,17,19-20,41-42H,2-4,11-16,18H2,1H3/t20-,28+/m1/s1. The zero-order valence-corrected chi connectivity index (χ0v) is 25.2. The number of carbonyl (C=O) groups excluding carboxylic acids is 1. The maximum absolute atomic E-state index is 14.4. The van der Waals surface area contributed by atoms with Crippen molar-refractivity contribution in [3.05, 3.63) is 65.0 Å². The van der Waals surface area contributed by atoms with Crippen molar-refractivity contribution in [1.82, 2.24) is 4.90 Å². The van der Waals surface area contributed by atoms with Crippen LogP contribution in [0.3, 0.4) is 0 Å². The number of alkyl halides is 6. The topological polar surface area (TPSA) is 94.9 Å². The van der Waals surface area contributed by atoms with Crippen LogP contribution in [0.5, 0.6) is 0 Å². The van der Waals surface area contributed by atoms with E-state index in [0.717, 1.165) is 36.4 Å². The Morgan fingerprint density at radius 3 is 2.00 bits per heavy atom. The average Bonchev–Trinajstić information content (AvgIpc) is 3.38. The number of aliphatic hydroxyl groups is 2. The quantitative estimate of drug-likeness (QED) is 0.281. The number of nitrogens with zero attached hydrogens (tertiary/aromatic N) is 1. The van der Waals surface area contributed by atoms with Gasteiger partial charge in [0.05, 0.1) is 10.5 Å². The number of likely N-dealkylation sites (tertiary alicyclic amines) is 1. The summed E-state index contributed by atoms with van der Waals surface area (Å²) in [5.74, 6) is -2.72. The highest BCUT2D eigenvalue weighted by molar-refractivity contribution is 7.92. The Hall–Kier alpha value is -2.71. The number of hydrogen-bond donors (Lipinski definition) is 2. The molecule has 5 rings (SSSR count). The van der Waals surface area contributed by atoms with Gasteiger partial charge in [0.15, 0.2) is 9.84 Å². The molecule has 0 unspecified atom stereocenters. The molecule has 0 spiro atoms. The molecule has 2 aliphatic carbocycles. The van der Waals surface area contributed by atoms with Crippen LogP contribution in [0.25, 0.3) is 0 Å². The number of rotatable bonds is 6. The first-order valence-corrected chi connectivity index (χ1v) is 16.2. The maximum Gasteiger partial charge on any atom is 0.430 e. The number of amides is 1. The summed E-state index contributed by atoms with van der Waals surface area (Å²) >= 11 is 0. The van der Waals surface area contributed by atoms with Gasteiger partial charge in [-0.25, -0.2) is 12.8 Å². The van der Waals surface area contributed by atoms with E-state index in [-0.39, 0.29) is 61.6 Å². The van der Waals surface area contributed by atoms with Gasteiger partial charge in [-0.05, 0) is 93.2 Å². The molecule has 0 aromatic heterocycles. The van der Waals surface area contributed by atoms with Crippen LogP contribution >= 0.6 is 0 Å². The number of hydrogen-bond acceptors (Lipinski definition) is 5. The van der Waals surface area contributed by atoms with Crippen molar-refractivity contribution < 1.29 is 54.2 Å². The highest BCUT2D eigenvalue weighted by Gasteiger charge is 2.72. The van der Waals surface area contributed by atoms with Gasteiger partial charge >= 0.3 is 12.4 Å². The molecule has 1 heterocycles. The van der Waals surface area contributed by atoms with E-state index in [1.807, 2.05) is 0 Å². The van der Waals surface area contributed by atoms with Gasteiger partial charge in [0, 0.05) is 24.6 Å². The Morgan fingerprint density at radius 2 is 1.49 bits per heavy atom. The van der Waals surface area contributed by atoms with E-state index in [1.54, 1.807) is 6.92 Å². The van der Waals surface area contributed by atoms with Gasteiger partial charge in [-0.3, -0.25) is 4.79 Å². The third kappa shape index (κ3) is 5.64. The lowest BCUT2D eigenvalue weighted by Gasteiger charge is -2.39. The summed E-state index contributed by atoms with van der Waals surface area (Å²) < 4.78 is 124. The van der Waals surface area contributed by atoms with Crippen LogP contribution < -0.4 is 0 Å². The molecule has 3 aliphatic rings. The number of halogens is 7. The maximum atomic E-state index is 14.4. The van der Waals surface area contributed by atoms with E-state index in [1.165, 1.54) is 4.90 Å². The largest absolute Gasteiger partial charge is 0.430 e. The van der Waals surface area contributed by atoms with E-state index in [4.69, 9.17) is 0 Å². The summed E-state index contributed by atoms with van der Waals surface area (Å²) in [6.07, 6.45) is -11.1. The second-order valence-electron chi connectivity index (χ2n) is 12.8. The molecular weight excluding hydrogens is 631 g/mol. The second-order valence-corrected chi connectivity index (χ2v) is 15.1. The Morgan fingerprint density at radius 1 is 0.911 bits per heavy atom. The predicted octanol–water partition coefficient (Wildman–Crippen LogP) is 6.25. The van der Waals surface area contributed by atoms with E-state index in [9.17, 15) is 54.2 Å². The average molecular weight is 666 g/mol. The van der Waals surface area contributed by atoms with Crippen LogP contribution in [0.2, 0.25) is 0 Å². The Kier molecular flexibility index (Phi) is 8.39. The molecule has 45 heavy (non-hydrogen) atoms. The SMILES string of the molecule is CC1(O)CCN(C(=O)[C@@H]2CC[C@](c3ccc(C(O)(C(F)(F)F)C(F)(F)F)c(C4CCC4)c3)(S(=O)(=O)c3ccc(F)cc3)C2)CC1. The first-order valence-electron chi connectivity index (χ1n) is 14.8. The van der Waals surface area contributed by atoms with Crippen molar-refractivity contribution in [3.63, 3.8) is 0 Å². The van der Waals surface area contributed by atoms with Gasteiger partial charge in [0.25, 0.3) is 5.60 Å². The summed E-state index contributed by atoms with van der Waals surface area (Å²) in [5, 5.41) is 20.6. The monoisotopic (exact) mass is 665 g/mol. The predicted molar refractivity (Wildman–Crippen MR) is 148 cm³/mol. The van der Waals surface area contributed by atoms with Gasteiger partial charge in [0.2, 0.25) is 5.91 Å². The molecule has 248 valence electrons. The van der Waals surface area contributed by atoms with Gasteiger partial charge in [-0.1, -0.05) is 24.6 Å². The zero-order chi connectivity index (χ0) is 33.2. The summed E-state index contributed by atoms with van der Waals surface area (Å²) in [6.45, 7) is 2.11. The van der Waals surface area contributed by atoms with Crippen molar-refractivity contribution in [2.75, 3.05) is 13.1 Å². The molecule has 6 nitrogen and oxygen atoms in total. The van der Waals surface area contributed by atoms with Crippen LogP contribution in [-0.4, -0.2) is 60.5 Å². The van der Waals surface area contributed by atoms with Crippen molar-refractivity contribution in [2.24, 2.45) is 5.92 Å². The third-order valence-electron chi connectivity index (χ3n) is 9.95. The zero-order valence-electron chi connectivity index (χ0n) is 24.4. The number of piperidine rings is 1. The fourth-order valence-electron chi connectivity index (χ4n) is 6.89. The summed E-state index contributed by atoms with van der Waals surface area (Å²) in [6, 6.07) is 6.30. The minimum atomic E-state index is -6.13. The lowest BCUT2D eigenvalue weighted by atomic mass is 9.73. The van der Waals surface area contributed by atoms with Gasteiger partial charge < -0.3 is 15.1 Å². The van der Waals surface area contributed by atoms with Crippen LogP contribution in [0, 0.1) is 11.7 Å². The molecule has 0 bridgehead atoms. The first-order chi connectivity index (χ1) is 20.7. The van der Waals surface area contributed by atoms with E-state index in [2.05, 4.69) is 0 Å². The molecule has 1 saturated heterocycles. The number of benzene rings is 2. The van der Waals surface area contributed by atoms with Gasteiger partial charge in [-0.2, -0.15) is 26.3 Å². The fraction of sp³-hybridized carbons (Fsp3) is 0.581. The lowest BCUT2D eigenvalue weighted by Crippen LogP contribution is -2.54. The highest BCUT2D eigenvalue weighted by Crippen LogP contribution is 2.56. The lowest BCUT2D eigenvalue weighted by molar-refractivity contribution is -0.376. The van der Waals surface area contributed by atoms with Gasteiger partial charge in [0.1, 0.15) is 10.6 Å². The van der Waals surface area contributed by atoms with Crippen molar-refractivity contribution in [2.45, 2.75) is 97.4 Å². The van der Waals surface area contributed by atoms with Crippen LogP contribution in [0.1, 0.15) is 80.9 Å². The molecule has 3 fully saturated rings. The minimum absolute atomic E-state index is 0.0572. The molecule has 1 aliphatic heterocycles. The Balaban J connectivity index is 1.64. The minimum Gasteiger partial charge on any atom is -0.390 e. The summed E-state index contributed by atoms with van der Waals surface area (Å²) in [5.41, 5.74) is -8.11. The second kappa shape index (κ2) is 11.2. The fourth-order valence-corrected chi connectivity index (χ4v) is 9.08. The molecule has 2 aromatic carbocycles. The van der Waals surface area contributed by atoms with Crippen LogP contribution in [0.4, 0.5) is 30.7 Å². The van der Waals surface area contributed by atoms with Crippen molar-refractivity contribution >= 4 is 15.7 Å². The number of carbonyl (C=O) groups is 1. The Labute approximate surface area is 256 Å². The molecule has 2 saturated carbocycles. The number of sulfone groups is 1. The summed E-state index contributed by atoms with van der Waals surface area (Å²) in [4.78, 5) is 14.8. The summed E-state index contributed by atoms with van der Waals surface area (Å²) in [7, 11) is -4.51. The van der Waals surface area contributed by atoms with Crippen LogP contribution in [-0.2, 0) is 25.0 Å². The highest BCUT2D eigenvalue weighted by atomic mass is 32.2. The molecule has 0 radical (unpaired) electrons. The smallest absolute Gasteiger partial charge is 0.390 e.